The van der Waals surface area contributed by atoms with Crippen LogP contribution in [0.4, 0.5) is 5.69 Å². The van der Waals surface area contributed by atoms with E-state index in [-0.39, 0.29) is 13.0 Å². The standard InChI is InChI=1S/C26H31N3O5/c1-5-32-22-9-6-7-10-23(22)33-16-8-11-25(31)34-17-24(30)27-26-19(3)28-29(20(26)4)21-14-12-18(2)13-15-21/h6-7,9-10,12-15H,5,8,11,16-17H2,1-4H3,(H,27,30). The van der Waals surface area contributed by atoms with Crippen molar-refractivity contribution in [3.63, 3.8) is 0 Å². The molecule has 1 amide bonds. The highest BCUT2D eigenvalue weighted by atomic mass is 16.5. The zero-order valence-corrected chi connectivity index (χ0v) is 20.1. The number of para-hydroxylation sites is 2. The van der Waals surface area contributed by atoms with E-state index in [0.29, 0.717) is 42.5 Å². The van der Waals surface area contributed by atoms with Crippen molar-refractivity contribution in [3.8, 4) is 17.2 Å². The van der Waals surface area contributed by atoms with Gasteiger partial charge < -0.3 is 19.5 Å². The highest BCUT2D eigenvalue weighted by Crippen LogP contribution is 2.26. The highest BCUT2D eigenvalue weighted by Gasteiger charge is 2.16. The Bertz CT molecular complexity index is 1120. The van der Waals surface area contributed by atoms with E-state index < -0.39 is 11.9 Å². The van der Waals surface area contributed by atoms with Crippen LogP contribution in [0.2, 0.25) is 0 Å². The first kappa shape index (κ1) is 24.8. The number of amides is 1. The summed E-state index contributed by atoms with van der Waals surface area (Å²) in [5.41, 5.74) is 4.16. The van der Waals surface area contributed by atoms with Gasteiger partial charge in [0.25, 0.3) is 5.91 Å². The van der Waals surface area contributed by atoms with E-state index in [0.717, 1.165) is 16.9 Å². The van der Waals surface area contributed by atoms with Gasteiger partial charge >= 0.3 is 5.97 Å². The van der Waals surface area contributed by atoms with Crippen molar-refractivity contribution in [3.05, 3.63) is 65.5 Å². The summed E-state index contributed by atoms with van der Waals surface area (Å²) in [6.07, 6.45) is 0.607. The maximum atomic E-state index is 12.4. The molecule has 0 saturated heterocycles. The highest BCUT2D eigenvalue weighted by molar-refractivity contribution is 5.93. The molecule has 3 rings (SSSR count). The number of carbonyl (C=O) groups is 2. The van der Waals surface area contributed by atoms with Gasteiger partial charge in [0.15, 0.2) is 18.1 Å². The fraction of sp³-hybridized carbons (Fsp3) is 0.346. The van der Waals surface area contributed by atoms with Gasteiger partial charge in [-0.3, -0.25) is 9.59 Å². The minimum Gasteiger partial charge on any atom is -0.490 e. The number of rotatable bonds is 11. The molecule has 1 aromatic heterocycles. The van der Waals surface area contributed by atoms with Crippen molar-refractivity contribution < 1.29 is 23.8 Å². The number of hydrogen-bond acceptors (Lipinski definition) is 6. The summed E-state index contributed by atoms with van der Waals surface area (Å²) >= 11 is 0. The van der Waals surface area contributed by atoms with E-state index in [1.54, 1.807) is 4.68 Å². The van der Waals surface area contributed by atoms with Gasteiger partial charge in [0, 0.05) is 6.42 Å². The first-order chi connectivity index (χ1) is 16.4. The SMILES string of the molecule is CCOc1ccccc1OCCCC(=O)OCC(=O)Nc1c(C)nn(-c2ccc(C)cc2)c1C. The average molecular weight is 466 g/mol. The third-order valence-electron chi connectivity index (χ3n) is 5.13. The van der Waals surface area contributed by atoms with Gasteiger partial charge in [-0.25, -0.2) is 4.68 Å². The number of nitrogens with one attached hydrogen (secondary N) is 1. The molecule has 3 aromatic rings. The van der Waals surface area contributed by atoms with Crippen LogP contribution >= 0.6 is 0 Å². The Labute approximate surface area is 199 Å². The predicted octanol–water partition coefficient (Wildman–Crippen LogP) is 4.54. The molecule has 0 aliphatic heterocycles. The van der Waals surface area contributed by atoms with Crippen LogP contribution in [0.25, 0.3) is 5.69 Å². The summed E-state index contributed by atoms with van der Waals surface area (Å²) in [4.78, 5) is 24.4. The summed E-state index contributed by atoms with van der Waals surface area (Å²) < 4.78 is 18.1. The van der Waals surface area contributed by atoms with E-state index in [1.807, 2.05) is 76.2 Å². The van der Waals surface area contributed by atoms with Crippen molar-refractivity contribution in [1.82, 2.24) is 9.78 Å². The van der Waals surface area contributed by atoms with Crippen LogP contribution in [0.1, 0.15) is 36.7 Å². The molecule has 0 saturated carbocycles. The minimum absolute atomic E-state index is 0.146. The minimum atomic E-state index is -0.458. The molecule has 8 heteroatoms. The van der Waals surface area contributed by atoms with Gasteiger partial charge in [0.2, 0.25) is 0 Å². The average Bonchev–Trinajstić information content (AvgIpc) is 3.10. The maximum absolute atomic E-state index is 12.4. The molecule has 0 spiro atoms. The van der Waals surface area contributed by atoms with Crippen LogP contribution in [0.5, 0.6) is 11.5 Å². The monoisotopic (exact) mass is 465 g/mol. The Hall–Kier alpha value is -3.81. The molecule has 0 fully saturated rings. The van der Waals surface area contributed by atoms with Crippen molar-refractivity contribution >= 4 is 17.6 Å². The molecule has 0 bridgehead atoms. The molecule has 0 unspecified atom stereocenters. The van der Waals surface area contributed by atoms with Crippen LogP contribution < -0.4 is 14.8 Å². The lowest BCUT2D eigenvalue weighted by molar-refractivity contribution is -0.147. The predicted molar refractivity (Wildman–Crippen MR) is 130 cm³/mol. The Morgan fingerprint density at radius 3 is 2.32 bits per heavy atom. The zero-order chi connectivity index (χ0) is 24.5. The molecule has 1 N–H and O–H groups in total. The number of benzene rings is 2. The van der Waals surface area contributed by atoms with Gasteiger partial charge in [-0.15, -0.1) is 0 Å². The zero-order valence-electron chi connectivity index (χ0n) is 20.1. The van der Waals surface area contributed by atoms with Gasteiger partial charge in [0.1, 0.15) is 0 Å². The largest absolute Gasteiger partial charge is 0.490 e. The van der Waals surface area contributed by atoms with Crippen molar-refractivity contribution in [2.24, 2.45) is 0 Å². The third-order valence-corrected chi connectivity index (χ3v) is 5.13. The number of anilines is 1. The lowest BCUT2D eigenvalue weighted by Crippen LogP contribution is -2.21. The molecule has 0 aliphatic rings. The van der Waals surface area contributed by atoms with Crippen LogP contribution in [0.15, 0.2) is 48.5 Å². The molecule has 180 valence electrons. The molecule has 0 aliphatic carbocycles. The van der Waals surface area contributed by atoms with Crippen LogP contribution in [-0.2, 0) is 14.3 Å². The Balaban J connectivity index is 1.44. The number of nitrogens with zero attached hydrogens (tertiary/aromatic N) is 2. The summed E-state index contributed by atoms with van der Waals surface area (Å²) in [5, 5.41) is 7.33. The number of aryl methyl sites for hydroxylation is 2. The smallest absolute Gasteiger partial charge is 0.306 e. The lowest BCUT2D eigenvalue weighted by Gasteiger charge is -2.11. The second kappa shape index (κ2) is 11.9. The lowest BCUT2D eigenvalue weighted by atomic mass is 10.2. The summed E-state index contributed by atoms with van der Waals surface area (Å²) in [6, 6.07) is 15.3. The normalized spacial score (nSPS) is 10.6. The number of hydrogen-bond donors (Lipinski definition) is 1. The second-order valence-corrected chi connectivity index (χ2v) is 7.83. The van der Waals surface area contributed by atoms with Crippen molar-refractivity contribution in [2.45, 2.75) is 40.5 Å². The topological polar surface area (TPSA) is 91.7 Å². The van der Waals surface area contributed by atoms with Crippen molar-refractivity contribution in [2.75, 3.05) is 25.1 Å². The Morgan fingerprint density at radius 1 is 0.971 bits per heavy atom. The van der Waals surface area contributed by atoms with Gasteiger partial charge in [-0.1, -0.05) is 29.8 Å². The Kier molecular flexibility index (Phi) is 8.67. The molecule has 1 heterocycles. The summed E-state index contributed by atoms with van der Waals surface area (Å²) in [5.74, 6) is 0.431. The van der Waals surface area contributed by atoms with Gasteiger partial charge in [-0.05, 0) is 58.4 Å². The molecular weight excluding hydrogens is 434 g/mol. The molecule has 34 heavy (non-hydrogen) atoms. The van der Waals surface area contributed by atoms with Crippen LogP contribution in [0.3, 0.4) is 0 Å². The van der Waals surface area contributed by atoms with E-state index in [4.69, 9.17) is 14.2 Å². The van der Waals surface area contributed by atoms with E-state index in [2.05, 4.69) is 10.4 Å². The summed E-state index contributed by atoms with van der Waals surface area (Å²) in [6.45, 7) is 8.15. The first-order valence-electron chi connectivity index (χ1n) is 11.3. The molecule has 8 nitrogen and oxygen atoms in total. The summed E-state index contributed by atoms with van der Waals surface area (Å²) in [7, 11) is 0. The molecular formula is C26H31N3O5. The first-order valence-corrected chi connectivity index (χ1v) is 11.3. The van der Waals surface area contributed by atoms with Gasteiger partial charge in [-0.2, -0.15) is 5.10 Å². The van der Waals surface area contributed by atoms with E-state index in [9.17, 15) is 9.59 Å². The number of esters is 1. The van der Waals surface area contributed by atoms with Crippen LogP contribution in [0, 0.1) is 20.8 Å². The fourth-order valence-electron chi connectivity index (χ4n) is 3.40. The number of carbonyl (C=O) groups excluding carboxylic acids is 2. The quantitative estimate of drug-likeness (QED) is 0.330. The molecule has 0 atom stereocenters. The third kappa shape index (κ3) is 6.60. The van der Waals surface area contributed by atoms with Crippen LogP contribution in [-0.4, -0.2) is 41.5 Å². The molecule has 0 radical (unpaired) electrons. The molecule has 2 aromatic carbocycles. The Morgan fingerprint density at radius 2 is 1.65 bits per heavy atom. The second-order valence-electron chi connectivity index (χ2n) is 7.83. The number of aromatic nitrogens is 2. The van der Waals surface area contributed by atoms with E-state index >= 15 is 0 Å². The number of ether oxygens (including phenoxy) is 3. The van der Waals surface area contributed by atoms with Crippen molar-refractivity contribution in [1.29, 1.82) is 0 Å². The van der Waals surface area contributed by atoms with Gasteiger partial charge in [0.05, 0.1) is 36.0 Å². The fourth-order valence-corrected chi connectivity index (χ4v) is 3.40. The van der Waals surface area contributed by atoms with E-state index in [1.165, 1.54) is 0 Å². The maximum Gasteiger partial charge on any atom is 0.306 e.